The van der Waals surface area contributed by atoms with E-state index in [1.54, 1.807) is 6.07 Å². The molecule has 0 aliphatic heterocycles. The van der Waals surface area contributed by atoms with E-state index in [2.05, 4.69) is 10.5 Å². The molecule has 6 heteroatoms. The molecule has 4 aromatic rings. The van der Waals surface area contributed by atoms with Crippen molar-refractivity contribution in [1.82, 2.24) is 10.5 Å². The molecule has 1 heterocycles. The Labute approximate surface area is 173 Å². The highest BCUT2D eigenvalue weighted by atomic mass is 16.5. The van der Waals surface area contributed by atoms with Crippen LogP contribution in [0, 0.1) is 0 Å². The van der Waals surface area contributed by atoms with Gasteiger partial charge in [-0.1, -0.05) is 78.0 Å². The van der Waals surface area contributed by atoms with Crippen LogP contribution in [0.2, 0.25) is 0 Å². The summed E-state index contributed by atoms with van der Waals surface area (Å²) in [5.41, 5.74) is 2.31. The SMILES string of the molecule is O=C(Cc1cccc2ccccc12)NCC(=O)OCc1cc(-c2ccccc2)on1. The summed E-state index contributed by atoms with van der Waals surface area (Å²) < 4.78 is 10.4. The molecule has 0 saturated heterocycles. The fourth-order valence-electron chi connectivity index (χ4n) is 3.18. The summed E-state index contributed by atoms with van der Waals surface area (Å²) in [5.74, 6) is -0.174. The number of aromatic nitrogens is 1. The normalized spacial score (nSPS) is 10.7. The number of benzene rings is 3. The zero-order valence-corrected chi connectivity index (χ0v) is 16.2. The van der Waals surface area contributed by atoms with Gasteiger partial charge < -0.3 is 14.6 Å². The average Bonchev–Trinajstić information content (AvgIpc) is 3.26. The highest BCUT2D eigenvalue weighted by Gasteiger charge is 2.12. The summed E-state index contributed by atoms with van der Waals surface area (Å²) in [5, 5.41) is 8.61. The van der Waals surface area contributed by atoms with Gasteiger partial charge in [0, 0.05) is 11.6 Å². The lowest BCUT2D eigenvalue weighted by molar-refractivity contribution is -0.145. The standard InChI is InChI=1S/C24H20N2O4/c27-23(13-19-11-6-10-17-7-4-5-12-21(17)19)25-15-24(28)29-16-20-14-22(30-26-20)18-8-2-1-3-9-18/h1-12,14H,13,15-16H2,(H,25,27). The van der Waals surface area contributed by atoms with Gasteiger partial charge in [-0.25, -0.2) is 0 Å². The molecule has 0 unspecified atom stereocenters. The van der Waals surface area contributed by atoms with Crippen molar-refractivity contribution in [2.45, 2.75) is 13.0 Å². The predicted octanol–water partition coefficient (Wildman–Crippen LogP) is 3.90. The molecule has 30 heavy (non-hydrogen) atoms. The lowest BCUT2D eigenvalue weighted by Gasteiger charge is -2.08. The highest BCUT2D eigenvalue weighted by molar-refractivity contribution is 5.91. The van der Waals surface area contributed by atoms with Crippen molar-refractivity contribution in [3.05, 3.63) is 90.1 Å². The van der Waals surface area contributed by atoms with Crippen molar-refractivity contribution in [2.24, 2.45) is 0 Å². The van der Waals surface area contributed by atoms with Crippen LogP contribution in [-0.2, 0) is 27.4 Å². The van der Waals surface area contributed by atoms with Crippen LogP contribution in [0.4, 0.5) is 0 Å². The van der Waals surface area contributed by atoms with Crippen LogP contribution in [0.1, 0.15) is 11.3 Å². The van der Waals surface area contributed by atoms with E-state index in [9.17, 15) is 9.59 Å². The van der Waals surface area contributed by atoms with Crippen molar-refractivity contribution in [3.63, 3.8) is 0 Å². The number of hydrogen-bond acceptors (Lipinski definition) is 5. The number of rotatable bonds is 7. The minimum atomic E-state index is -0.537. The van der Waals surface area contributed by atoms with E-state index in [1.165, 1.54) is 0 Å². The van der Waals surface area contributed by atoms with Crippen LogP contribution < -0.4 is 5.32 Å². The van der Waals surface area contributed by atoms with E-state index in [4.69, 9.17) is 9.26 Å². The quantitative estimate of drug-likeness (QED) is 0.476. The molecule has 1 aromatic heterocycles. The van der Waals surface area contributed by atoms with E-state index in [-0.39, 0.29) is 25.5 Å². The molecule has 1 amide bonds. The molecule has 0 saturated carbocycles. The minimum absolute atomic E-state index is 0.0195. The second-order valence-corrected chi connectivity index (χ2v) is 6.80. The molecule has 0 aliphatic rings. The fraction of sp³-hybridized carbons (Fsp3) is 0.125. The number of ether oxygens (including phenoxy) is 1. The van der Waals surface area contributed by atoms with Gasteiger partial charge in [0.1, 0.15) is 18.8 Å². The van der Waals surface area contributed by atoms with Crippen LogP contribution in [0.5, 0.6) is 0 Å². The molecule has 1 N–H and O–H groups in total. The Bertz CT molecular complexity index is 1160. The number of nitrogens with one attached hydrogen (secondary N) is 1. The Morgan fingerprint density at radius 1 is 0.933 bits per heavy atom. The van der Waals surface area contributed by atoms with Crippen LogP contribution >= 0.6 is 0 Å². The average molecular weight is 400 g/mol. The van der Waals surface area contributed by atoms with Gasteiger partial charge in [-0.15, -0.1) is 0 Å². The van der Waals surface area contributed by atoms with Crippen molar-refractivity contribution in [1.29, 1.82) is 0 Å². The van der Waals surface area contributed by atoms with Gasteiger partial charge >= 0.3 is 5.97 Å². The van der Waals surface area contributed by atoms with Crippen LogP contribution in [0.25, 0.3) is 22.1 Å². The Kier molecular flexibility index (Phi) is 5.85. The molecule has 0 aliphatic carbocycles. The largest absolute Gasteiger partial charge is 0.458 e. The number of fused-ring (bicyclic) bond motifs is 1. The van der Waals surface area contributed by atoms with Crippen molar-refractivity contribution in [3.8, 4) is 11.3 Å². The van der Waals surface area contributed by atoms with Gasteiger partial charge in [-0.3, -0.25) is 9.59 Å². The van der Waals surface area contributed by atoms with Gasteiger partial charge in [0.25, 0.3) is 0 Å². The summed E-state index contributed by atoms with van der Waals surface area (Å²) in [4.78, 5) is 24.2. The molecule has 150 valence electrons. The summed E-state index contributed by atoms with van der Waals surface area (Å²) in [6.45, 7) is -0.221. The molecular weight excluding hydrogens is 380 g/mol. The number of esters is 1. The molecule has 0 spiro atoms. The first-order valence-electron chi connectivity index (χ1n) is 9.59. The maximum Gasteiger partial charge on any atom is 0.325 e. The number of carbonyl (C=O) groups is 2. The lowest BCUT2D eigenvalue weighted by Crippen LogP contribution is -2.31. The fourth-order valence-corrected chi connectivity index (χ4v) is 3.18. The number of carbonyl (C=O) groups excluding carboxylic acids is 2. The molecule has 4 rings (SSSR count). The molecule has 0 bridgehead atoms. The molecule has 0 fully saturated rings. The summed E-state index contributed by atoms with van der Waals surface area (Å²) >= 11 is 0. The Hall–Kier alpha value is -3.93. The van der Waals surface area contributed by atoms with Gasteiger partial charge in [-0.05, 0) is 16.3 Å². The monoisotopic (exact) mass is 400 g/mol. The smallest absolute Gasteiger partial charge is 0.325 e. The van der Waals surface area contributed by atoms with E-state index in [1.807, 2.05) is 72.8 Å². The van der Waals surface area contributed by atoms with Crippen molar-refractivity contribution >= 4 is 22.6 Å². The molecule has 6 nitrogen and oxygen atoms in total. The predicted molar refractivity (Wildman–Crippen MR) is 112 cm³/mol. The van der Waals surface area contributed by atoms with Gasteiger partial charge in [-0.2, -0.15) is 0 Å². The van der Waals surface area contributed by atoms with E-state index in [0.29, 0.717) is 11.5 Å². The maximum absolute atomic E-state index is 12.2. The summed E-state index contributed by atoms with van der Waals surface area (Å²) in [7, 11) is 0. The Morgan fingerprint density at radius 3 is 2.57 bits per heavy atom. The first-order chi connectivity index (χ1) is 14.7. The molecular formula is C24H20N2O4. The van der Waals surface area contributed by atoms with Crippen molar-refractivity contribution in [2.75, 3.05) is 6.54 Å². The van der Waals surface area contributed by atoms with Gasteiger partial charge in [0.2, 0.25) is 5.91 Å². The first-order valence-corrected chi connectivity index (χ1v) is 9.59. The number of amides is 1. The maximum atomic E-state index is 12.2. The van der Waals surface area contributed by atoms with E-state index >= 15 is 0 Å². The first kappa shape index (κ1) is 19.4. The third-order valence-corrected chi connectivity index (χ3v) is 4.66. The Balaban J connectivity index is 1.26. The van der Waals surface area contributed by atoms with Crippen molar-refractivity contribution < 1.29 is 18.8 Å². The second-order valence-electron chi connectivity index (χ2n) is 6.80. The van der Waals surface area contributed by atoms with Gasteiger partial charge in [0.05, 0.1) is 6.42 Å². The molecule has 0 radical (unpaired) electrons. The number of nitrogens with zero attached hydrogens (tertiary/aromatic N) is 1. The molecule has 0 atom stereocenters. The zero-order chi connectivity index (χ0) is 20.8. The summed E-state index contributed by atoms with van der Waals surface area (Å²) in [6.07, 6.45) is 0.193. The number of hydrogen-bond donors (Lipinski definition) is 1. The van der Waals surface area contributed by atoms with Crippen LogP contribution in [-0.4, -0.2) is 23.6 Å². The van der Waals surface area contributed by atoms with E-state index < -0.39 is 5.97 Å². The van der Waals surface area contributed by atoms with E-state index in [0.717, 1.165) is 21.9 Å². The third kappa shape index (κ3) is 4.72. The highest BCUT2D eigenvalue weighted by Crippen LogP contribution is 2.20. The van der Waals surface area contributed by atoms with Crippen LogP contribution in [0.15, 0.2) is 83.4 Å². The minimum Gasteiger partial charge on any atom is -0.458 e. The summed E-state index contributed by atoms with van der Waals surface area (Å²) in [6, 6.07) is 25.0. The lowest BCUT2D eigenvalue weighted by atomic mass is 10.0. The Morgan fingerprint density at radius 2 is 1.70 bits per heavy atom. The van der Waals surface area contributed by atoms with Gasteiger partial charge in [0.15, 0.2) is 5.76 Å². The molecule has 3 aromatic carbocycles. The third-order valence-electron chi connectivity index (χ3n) is 4.66. The zero-order valence-electron chi connectivity index (χ0n) is 16.2. The topological polar surface area (TPSA) is 81.4 Å². The van der Waals surface area contributed by atoms with Crippen LogP contribution in [0.3, 0.4) is 0 Å². The second kappa shape index (κ2) is 9.05.